The smallest absolute Gasteiger partial charge is 0.414 e. The van der Waals surface area contributed by atoms with E-state index in [-0.39, 0.29) is 29.6 Å². The van der Waals surface area contributed by atoms with Crippen molar-refractivity contribution >= 4 is 23.1 Å². The number of carbonyl (C=O) groups excluding carboxylic acids is 1. The second-order valence-corrected chi connectivity index (χ2v) is 8.76. The van der Waals surface area contributed by atoms with Crippen LogP contribution in [0.3, 0.4) is 0 Å². The summed E-state index contributed by atoms with van der Waals surface area (Å²) < 4.78 is 16.9. The fourth-order valence-electron chi connectivity index (χ4n) is 3.35. The van der Waals surface area contributed by atoms with Crippen molar-refractivity contribution in [3.05, 3.63) is 68.6 Å². The molecule has 3 aromatic rings. The summed E-state index contributed by atoms with van der Waals surface area (Å²) in [5.41, 5.74) is 1.68. The van der Waals surface area contributed by atoms with Crippen LogP contribution in [0.5, 0.6) is 17.4 Å². The van der Waals surface area contributed by atoms with Crippen LogP contribution in [0.25, 0.3) is 0 Å². The first-order valence-corrected chi connectivity index (χ1v) is 11.1. The van der Waals surface area contributed by atoms with Crippen LogP contribution in [0, 0.1) is 0 Å². The number of thiazole rings is 1. The normalized spacial score (nSPS) is 15.8. The van der Waals surface area contributed by atoms with Gasteiger partial charge in [-0.05, 0) is 55.8 Å². The first-order valence-electron chi connectivity index (χ1n) is 10.2. The number of hydrogen-bond acceptors (Lipinski definition) is 7. The molecule has 2 aromatic carbocycles. The zero-order valence-electron chi connectivity index (χ0n) is 17.7. The van der Waals surface area contributed by atoms with Gasteiger partial charge in [-0.25, -0.2) is 4.79 Å². The first-order chi connectivity index (χ1) is 15.4. The van der Waals surface area contributed by atoms with Gasteiger partial charge in [-0.15, -0.1) is 0 Å². The van der Waals surface area contributed by atoms with Crippen LogP contribution in [0.1, 0.15) is 24.3 Å². The summed E-state index contributed by atoms with van der Waals surface area (Å²) in [6.07, 6.45) is -0.258. The van der Waals surface area contributed by atoms with Gasteiger partial charge in [0.1, 0.15) is 18.1 Å². The highest BCUT2D eigenvalue weighted by Crippen LogP contribution is 2.26. The van der Waals surface area contributed by atoms with Gasteiger partial charge in [-0.3, -0.25) is 14.7 Å². The van der Waals surface area contributed by atoms with Gasteiger partial charge < -0.3 is 19.3 Å². The molecule has 0 radical (unpaired) electrons. The van der Waals surface area contributed by atoms with E-state index >= 15 is 0 Å². The number of aromatic amines is 1. The van der Waals surface area contributed by atoms with Crippen LogP contribution < -0.4 is 19.2 Å². The third-order valence-corrected chi connectivity index (χ3v) is 5.69. The fourth-order valence-corrected chi connectivity index (χ4v) is 4.10. The number of carbonyl (C=O) groups is 1. The number of ether oxygens (including phenoxy) is 3. The molecule has 1 atom stereocenters. The lowest BCUT2D eigenvalue weighted by atomic mass is 10.1. The van der Waals surface area contributed by atoms with Gasteiger partial charge in [-0.1, -0.05) is 23.5 Å². The monoisotopic (exact) mass is 456 g/mol. The van der Waals surface area contributed by atoms with Crippen molar-refractivity contribution in [2.45, 2.75) is 32.5 Å². The van der Waals surface area contributed by atoms with E-state index in [1.807, 2.05) is 62.4 Å². The van der Waals surface area contributed by atoms with Gasteiger partial charge in [0.15, 0.2) is 6.10 Å². The lowest BCUT2D eigenvalue weighted by Gasteiger charge is -2.15. The largest absolute Gasteiger partial charge is 0.494 e. The molecular weight excluding hydrogens is 432 g/mol. The molecule has 1 amide bonds. The minimum atomic E-state index is -0.406. The number of nitrogens with zero attached hydrogens (tertiary/aromatic N) is 1. The van der Waals surface area contributed by atoms with Crippen molar-refractivity contribution in [2.75, 3.05) is 18.1 Å². The molecule has 1 unspecified atom stereocenters. The predicted molar refractivity (Wildman–Crippen MR) is 121 cm³/mol. The van der Waals surface area contributed by atoms with Crippen molar-refractivity contribution in [3.8, 4) is 17.4 Å². The van der Waals surface area contributed by atoms with Gasteiger partial charge in [0.2, 0.25) is 5.88 Å². The fraction of sp³-hybridized carbons (Fsp3) is 0.304. The SMILES string of the molecule is CC(C)Oc1ccc(N2CC(COc3ccc(Cc4sc(=O)[nH]c4O)cc3)OC2=O)cc1. The molecule has 1 fully saturated rings. The predicted octanol–water partition coefficient (Wildman–Crippen LogP) is 3.92. The van der Waals surface area contributed by atoms with Crippen LogP contribution in [-0.2, 0) is 11.2 Å². The van der Waals surface area contributed by atoms with Crippen LogP contribution in [0.15, 0.2) is 53.3 Å². The Morgan fingerprint density at radius 2 is 1.81 bits per heavy atom. The molecule has 1 saturated heterocycles. The van der Waals surface area contributed by atoms with Gasteiger partial charge in [0.25, 0.3) is 0 Å². The Bertz CT molecular complexity index is 1120. The molecule has 32 heavy (non-hydrogen) atoms. The van der Waals surface area contributed by atoms with Gasteiger partial charge in [0, 0.05) is 12.1 Å². The molecule has 9 heteroatoms. The maximum absolute atomic E-state index is 12.3. The quantitative estimate of drug-likeness (QED) is 0.533. The van der Waals surface area contributed by atoms with E-state index in [0.717, 1.165) is 28.3 Å². The number of rotatable bonds is 8. The zero-order valence-corrected chi connectivity index (χ0v) is 18.6. The van der Waals surface area contributed by atoms with Crippen LogP contribution in [0.4, 0.5) is 10.5 Å². The highest BCUT2D eigenvalue weighted by molar-refractivity contribution is 7.09. The Kier molecular flexibility index (Phi) is 6.36. The average molecular weight is 457 g/mol. The van der Waals surface area contributed by atoms with E-state index in [4.69, 9.17) is 14.2 Å². The molecule has 0 saturated carbocycles. The van der Waals surface area contributed by atoms with Gasteiger partial charge >= 0.3 is 11.0 Å². The Morgan fingerprint density at radius 1 is 1.12 bits per heavy atom. The van der Waals surface area contributed by atoms with Crippen molar-refractivity contribution < 1.29 is 24.1 Å². The van der Waals surface area contributed by atoms with E-state index in [9.17, 15) is 14.7 Å². The summed E-state index contributed by atoms with van der Waals surface area (Å²) in [5, 5.41) is 9.70. The van der Waals surface area contributed by atoms with Crippen molar-refractivity contribution in [1.29, 1.82) is 0 Å². The van der Waals surface area contributed by atoms with Crippen molar-refractivity contribution in [3.63, 3.8) is 0 Å². The number of nitrogens with one attached hydrogen (secondary N) is 1. The van der Waals surface area contributed by atoms with Crippen LogP contribution in [-0.4, -0.2) is 41.5 Å². The number of aromatic hydroxyl groups is 1. The second-order valence-electron chi connectivity index (χ2n) is 7.69. The first kappa shape index (κ1) is 21.8. The number of H-pyrrole nitrogens is 1. The van der Waals surface area contributed by atoms with E-state index < -0.39 is 6.09 Å². The molecule has 8 nitrogen and oxygen atoms in total. The number of aromatic nitrogens is 1. The molecule has 0 spiro atoms. The summed E-state index contributed by atoms with van der Waals surface area (Å²) in [6.45, 7) is 4.55. The number of cyclic esters (lactones) is 1. The number of anilines is 1. The summed E-state index contributed by atoms with van der Waals surface area (Å²) in [6, 6.07) is 14.7. The molecule has 1 aliphatic rings. The van der Waals surface area contributed by atoms with E-state index in [1.54, 1.807) is 4.90 Å². The molecule has 0 bridgehead atoms. The maximum Gasteiger partial charge on any atom is 0.414 e. The minimum absolute atomic E-state index is 0.0836. The number of benzene rings is 2. The van der Waals surface area contributed by atoms with E-state index in [2.05, 4.69) is 4.98 Å². The second kappa shape index (κ2) is 9.35. The highest BCUT2D eigenvalue weighted by Gasteiger charge is 2.32. The van der Waals surface area contributed by atoms with Crippen molar-refractivity contribution in [2.24, 2.45) is 0 Å². The molecule has 1 aliphatic heterocycles. The lowest BCUT2D eigenvalue weighted by molar-refractivity contribution is 0.105. The number of hydrogen-bond donors (Lipinski definition) is 2. The summed E-state index contributed by atoms with van der Waals surface area (Å²) in [5.74, 6) is 1.31. The molecule has 4 rings (SSSR count). The Labute approximate surface area is 189 Å². The molecule has 2 heterocycles. The Morgan fingerprint density at radius 3 is 2.44 bits per heavy atom. The van der Waals surface area contributed by atoms with Crippen LogP contribution in [0.2, 0.25) is 0 Å². The molecular formula is C23H24N2O6S. The van der Waals surface area contributed by atoms with E-state index in [1.165, 1.54) is 0 Å². The average Bonchev–Trinajstić information content (AvgIpc) is 3.28. The van der Waals surface area contributed by atoms with Gasteiger partial charge in [0.05, 0.1) is 17.5 Å². The Hall–Kier alpha value is -3.46. The van der Waals surface area contributed by atoms with Crippen molar-refractivity contribution in [1.82, 2.24) is 4.98 Å². The maximum atomic E-state index is 12.3. The van der Waals surface area contributed by atoms with Gasteiger partial charge in [-0.2, -0.15) is 0 Å². The highest BCUT2D eigenvalue weighted by atomic mass is 32.1. The topological polar surface area (TPSA) is 101 Å². The lowest BCUT2D eigenvalue weighted by Crippen LogP contribution is -2.26. The van der Waals surface area contributed by atoms with Crippen LogP contribution >= 0.6 is 11.3 Å². The summed E-state index contributed by atoms with van der Waals surface area (Å²) in [7, 11) is 0. The summed E-state index contributed by atoms with van der Waals surface area (Å²) in [4.78, 5) is 27.8. The van der Waals surface area contributed by atoms with E-state index in [0.29, 0.717) is 23.6 Å². The third-order valence-electron chi connectivity index (χ3n) is 4.82. The third kappa shape index (κ3) is 5.23. The minimum Gasteiger partial charge on any atom is -0.494 e. The summed E-state index contributed by atoms with van der Waals surface area (Å²) >= 11 is 0.990. The number of amides is 1. The zero-order chi connectivity index (χ0) is 22.7. The molecule has 168 valence electrons. The Balaban J connectivity index is 1.30. The molecule has 0 aliphatic carbocycles. The molecule has 1 aromatic heterocycles. The standard InChI is InChI=1S/C23H24N2O6S/c1-14(2)30-18-9-5-16(6-10-18)25-12-19(31-23(25)28)13-29-17-7-3-15(4-8-17)11-20-21(26)24-22(27)32-20/h3-10,14,19,26H,11-13H2,1-2H3,(H,24,27). The molecule has 2 N–H and O–H groups in total.